The second-order valence-electron chi connectivity index (χ2n) is 5.39. The van der Waals surface area contributed by atoms with Crippen LogP contribution in [0.5, 0.6) is 11.5 Å². The number of carbonyl (C=O) groups excluding carboxylic acids is 1. The fourth-order valence-electron chi connectivity index (χ4n) is 2.52. The van der Waals surface area contributed by atoms with Crippen molar-refractivity contribution in [2.75, 3.05) is 19.5 Å². The minimum atomic E-state index is -0.241. The van der Waals surface area contributed by atoms with Crippen molar-refractivity contribution in [2.45, 2.75) is 26.2 Å². The third-order valence-electron chi connectivity index (χ3n) is 4.01. The van der Waals surface area contributed by atoms with Crippen LogP contribution in [0.15, 0.2) is 42.5 Å². The lowest BCUT2D eigenvalue weighted by Crippen LogP contribution is -2.16. The predicted molar refractivity (Wildman–Crippen MR) is 92.6 cm³/mol. The van der Waals surface area contributed by atoms with Crippen LogP contribution in [0.25, 0.3) is 0 Å². The lowest BCUT2D eigenvalue weighted by molar-refractivity contribution is 0.102. The first-order valence-corrected chi connectivity index (χ1v) is 7.73. The Bertz CT molecular complexity index is 660. The highest BCUT2D eigenvalue weighted by molar-refractivity contribution is 6.08. The molecule has 0 aromatic heterocycles. The maximum Gasteiger partial charge on any atom is 0.263 e. The molecule has 4 nitrogen and oxygen atoms in total. The summed E-state index contributed by atoms with van der Waals surface area (Å²) < 4.78 is 10.6. The Morgan fingerprint density at radius 2 is 1.65 bits per heavy atom. The molecule has 2 aromatic rings. The van der Waals surface area contributed by atoms with E-state index < -0.39 is 0 Å². The molecule has 1 atom stereocenters. The Balaban J connectivity index is 2.38. The van der Waals surface area contributed by atoms with Crippen LogP contribution >= 0.6 is 0 Å². The summed E-state index contributed by atoms with van der Waals surface area (Å²) in [4.78, 5) is 12.8. The maximum absolute atomic E-state index is 12.8. The van der Waals surface area contributed by atoms with Gasteiger partial charge >= 0.3 is 0 Å². The Labute approximate surface area is 137 Å². The summed E-state index contributed by atoms with van der Waals surface area (Å²) in [5.74, 6) is 1.10. The molecular weight excluding hydrogens is 290 g/mol. The average molecular weight is 313 g/mol. The van der Waals surface area contributed by atoms with Crippen LogP contribution < -0.4 is 14.8 Å². The molecule has 0 fully saturated rings. The third-order valence-corrected chi connectivity index (χ3v) is 4.01. The second-order valence-corrected chi connectivity index (χ2v) is 5.39. The molecule has 0 bridgehead atoms. The summed E-state index contributed by atoms with van der Waals surface area (Å²) in [6.45, 7) is 4.28. The van der Waals surface area contributed by atoms with Crippen molar-refractivity contribution in [2.24, 2.45) is 0 Å². The molecule has 0 aliphatic carbocycles. The van der Waals surface area contributed by atoms with Gasteiger partial charge in [0.05, 0.1) is 14.2 Å². The summed E-state index contributed by atoms with van der Waals surface area (Å²) in [6, 6.07) is 13.2. The van der Waals surface area contributed by atoms with Crippen LogP contribution in [0.3, 0.4) is 0 Å². The molecule has 0 unspecified atom stereocenters. The van der Waals surface area contributed by atoms with E-state index in [1.165, 1.54) is 0 Å². The van der Waals surface area contributed by atoms with Gasteiger partial charge in [0.25, 0.3) is 5.91 Å². The Morgan fingerprint density at radius 1 is 1.04 bits per heavy atom. The number of amides is 1. The highest BCUT2D eigenvalue weighted by Crippen LogP contribution is 2.31. The van der Waals surface area contributed by atoms with Gasteiger partial charge in [0.1, 0.15) is 17.1 Å². The van der Waals surface area contributed by atoms with Gasteiger partial charge in [-0.05, 0) is 36.1 Å². The Kier molecular flexibility index (Phi) is 5.63. The fraction of sp³-hybridized carbons (Fsp3) is 0.316. The van der Waals surface area contributed by atoms with Gasteiger partial charge in [-0.2, -0.15) is 0 Å². The second kappa shape index (κ2) is 7.68. The van der Waals surface area contributed by atoms with Gasteiger partial charge in [-0.25, -0.2) is 0 Å². The normalized spacial score (nSPS) is 11.7. The van der Waals surface area contributed by atoms with E-state index >= 15 is 0 Å². The standard InChI is InChI=1S/C19H23NO3/c1-5-13(2)14-9-6-7-10-15(14)20-19(21)18-16(22-3)11-8-12-17(18)23-4/h6-13H,5H2,1-4H3,(H,20,21)/t13-/m1/s1. The van der Waals surface area contributed by atoms with Crippen LogP contribution in [-0.4, -0.2) is 20.1 Å². The number of ether oxygens (including phenoxy) is 2. The molecule has 4 heteroatoms. The van der Waals surface area contributed by atoms with Gasteiger partial charge < -0.3 is 14.8 Å². The van der Waals surface area contributed by atoms with E-state index in [1.807, 2.05) is 24.3 Å². The molecule has 2 rings (SSSR count). The molecule has 0 aliphatic rings. The Hall–Kier alpha value is -2.49. The van der Waals surface area contributed by atoms with Crippen LogP contribution in [0, 0.1) is 0 Å². The molecule has 0 saturated heterocycles. The van der Waals surface area contributed by atoms with Crippen LogP contribution in [0.1, 0.15) is 42.1 Å². The van der Waals surface area contributed by atoms with Crippen molar-refractivity contribution in [1.29, 1.82) is 0 Å². The zero-order chi connectivity index (χ0) is 16.8. The van der Waals surface area contributed by atoms with Crippen LogP contribution in [0.4, 0.5) is 5.69 Å². The van der Waals surface area contributed by atoms with Gasteiger partial charge in [-0.3, -0.25) is 4.79 Å². The van der Waals surface area contributed by atoms with E-state index in [2.05, 4.69) is 19.2 Å². The van der Waals surface area contributed by atoms with E-state index in [1.54, 1.807) is 32.4 Å². The number of methoxy groups -OCH3 is 2. The predicted octanol–water partition coefficient (Wildman–Crippen LogP) is 4.47. The fourth-order valence-corrected chi connectivity index (χ4v) is 2.52. The highest BCUT2D eigenvalue weighted by atomic mass is 16.5. The molecular formula is C19H23NO3. The zero-order valence-electron chi connectivity index (χ0n) is 14.1. The van der Waals surface area contributed by atoms with Crippen molar-refractivity contribution in [3.8, 4) is 11.5 Å². The van der Waals surface area contributed by atoms with E-state index in [4.69, 9.17) is 9.47 Å². The molecule has 1 N–H and O–H groups in total. The van der Waals surface area contributed by atoms with Crippen molar-refractivity contribution >= 4 is 11.6 Å². The van der Waals surface area contributed by atoms with Crippen LogP contribution in [-0.2, 0) is 0 Å². The average Bonchev–Trinajstić information content (AvgIpc) is 2.60. The van der Waals surface area contributed by atoms with E-state index in [9.17, 15) is 4.79 Å². The quantitative estimate of drug-likeness (QED) is 0.856. The molecule has 0 spiro atoms. The first-order chi connectivity index (χ1) is 11.1. The number of para-hydroxylation sites is 1. The number of hydrogen-bond donors (Lipinski definition) is 1. The number of nitrogens with one attached hydrogen (secondary N) is 1. The minimum absolute atomic E-state index is 0.241. The van der Waals surface area contributed by atoms with Gasteiger partial charge in [-0.15, -0.1) is 0 Å². The molecule has 0 saturated carbocycles. The molecule has 2 aromatic carbocycles. The van der Waals surface area contributed by atoms with Crippen molar-refractivity contribution in [3.63, 3.8) is 0 Å². The number of benzene rings is 2. The molecule has 0 radical (unpaired) electrons. The highest BCUT2D eigenvalue weighted by Gasteiger charge is 2.19. The summed E-state index contributed by atoms with van der Waals surface area (Å²) >= 11 is 0. The first-order valence-electron chi connectivity index (χ1n) is 7.73. The van der Waals surface area contributed by atoms with Gasteiger partial charge in [0.2, 0.25) is 0 Å². The molecule has 0 heterocycles. The molecule has 23 heavy (non-hydrogen) atoms. The number of hydrogen-bond acceptors (Lipinski definition) is 3. The molecule has 1 amide bonds. The lowest BCUT2D eigenvalue weighted by Gasteiger charge is -2.17. The Morgan fingerprint density at radius 3 is 2.22 bits per heavy atom. The summed E-state index contributed by atoms with van der Waals surface area (Å²) in [6.07, 6.45) is 1.00. The van der Waals surface area contributed by atoms with Gasteiger partial charge in [-0.1, -0.05) is 38.1 Å². The number of carbonyl (C=O) groups is 1. The summed E-state index contributed by atoms with van der Waals surface area (Å²) in [5.41, 5.74) is 2.34. The van der Waals surface area contributed by atoms with Gasteiger partial charge in [0, 0.05) is 5.69 Å². The summed E-state index contributed by atoms with van der Waals surface area (Å²) in [7, 11) is 3.08. The van der Waals surface area contributed by atoms with E-state index in [0.717, 1.165) is 17.7 Å². The largest absolute Gasteiger partial charge is 0.496 e. The van der Waals surface area contributed by atoms with Crippen LogP contribution in [0.2, 0.25) is 0 Å². The van der Waals surface area contributed by atoms with Gasteiger partial charge in [0.15, 0.2) is 0 Å². The van der Waals surface area contributed by atoms with E-state index in [-0.39, 0.29) is 5.91 Å². The lowest BCUT2D eigenvalue weighted by atomic mass is 9.96. The minimum Gasteiger partial charge on any atom is -0.496 e. The topological polar surface area (TPSA) is 47.6 Å². The summed E-state index contributed by atoms with van der Waals surface area (Å²) in [5, 5.41) is 2.99. The van der Waals surface area contributed by atoms with E-state index in [0.29, 0.717) is 23.0 Å². The maximum atomic E-state index is 12.8. The third kappa shape index (κ3) is 3.65. The number of rotatable bonds is 6. The van der Waals surface area contributed by atoms with Crippen molar-refractivity contribution < 1.29 is 14.3 Å². The molecule has 122 valence electrons. The number of anilines is 1. The smallest absolute Gasteiger partial charge is 0.263 e. The van der Waals surface area contributed by atoms with Crippen molar-refractivity contribution in [3.05, 3.63) is 53.6 Å². The first kappa shape index (κ1) is 16.9. The molecule has 0 aliphatic heterocycles. The monoisotopic (exact) mass is 313 g/mol. The SMILES string of the molecule is CC[C@@H](C)c1ccccc1NC(=O)c1c(OC)cccc1OC. The van der Waals surface area contributed by atoms with Crippen molar-refractivity contribution in [1.82, 2.24) is 0 Å². The zero-order valence-corrected chi connectivity index (χ0v) is 14.1.